The van der Waals surface area contributed by atoms with Gasteiger partial charge in [0, 0.05) is 19.2 Å². The van der Waals surface area contributed by atoms with Crippen molar-refractivity contribution in [3.05, 3.63) is 16.9 Å². The first kappa shape index (κ1) is 17.3. The van der Waals surface area contributed by atoms with E-state index in [-0.39, 0.29) is 11.3 Å². The summed E-state index contributed by atoms with van der Waals surface area (Å²) < 4.78 is 13.9. The summed E-state index contributed by atoms with van der Waals surface area (Å²) in [7, 11) is 5.24. The summed E-state index contributed by atoms with van der Waals surface area (Å²) in [5.74, 6) is 3.76. The monoisotopic (exact) mass is 386 g/mol. The van der Waals surface area contributed by atoms with Crippen molar-refractivity contribution in [1.29, 1.82) is 0 Å². The van der Waals surface area contributed by atoms with E-state index in [1.54, 1.807) is 25.6 Å². The molecule has 1 aromatic carbocycles. The maximum atomic E-state index is 13.3. The van der Waals surface area contributed by atoms with Crippen LogP contribution in [0.3, 0.4) is 0 Å². The average molecular weight is 387 g/mol. The molecule has 27 heavy (non-hydrogen) atoms. The number of fused-ring (bicyclic) bond motifs is 1. The molecule has 0 aliphatic heterocycles. The van der Waals surface area contributed by atoms with E-state index in [0.29, 0.717) is 11.5 Å². The lowest BCUT2D eigenvalue weighted by Crippen LogP contribution is -2.49. The van der Waals surface area contributed by atoms with Gasteiger partial charge >= 0.3 is 0 Å². The second-order valence-corrected chi connectivity index (χ2v) is 9.74. The zero-order chi connectivity index (χ0) is 18.8. The molecule has 4 aliphatic rings. The molecular weight excluding hydrogens is 360 g/mol. The molecule has 0 saturated heterocycles. The lowest BCUT2D eigenvalue weighted by Gasteiger charge is -2.55. The van der Waals surface area contributed by atoms with Gasteiger partial charge < -0.3 is 14.0 Å². The summed E-state index contributed by atoms with van der Waals surface area (Å²) >= 11 is 1.54. The number of ether oxygens (including phenoxy) is 2. The van der Waals surface area contributed by atoms with Crippen LogP contribution < -0.4 is 14.3 Å². The molecule has 2 aromatic rings. The van der Waals surface area contributed by atoms with E-state index < -0.39 is 0 Å². The highest BCUT2D eigenvalue weighted by atomic mass is 32.1. The Bertz CT molecular complexity index is 952. The number of aryl methyl sites for hydroxylation is 1. The highest BCUT2D eigenvalue weighted by Gasteiger charge is 2.54. The molecule has 1 heterocycles. The van der Waals surface area contributed by atoms with Crippen molar-refractivity contribution in [2.75, 3.05) is 14.2 Å². The minimum atomic E-state index is -0.187. The molecule has 0 spiro atoms. The Morgan fingerprint density at radius 1 is 1.07 bits per heavy atom. The third kappa shape index (κ3) is 2.64. The van der Waals surface area contributed by atoms with Gasteiger partial charge in [0.2, 0.25) is 0 Å². The van der Waals surface area contributed by atoms with E-state index in [1.807, 2.05) is 23.7 Å². The van der Waals surface area contributed by atoms with Gasteiger partial charge in [-0.05, 0) is 56.3 Å². The summed E-state index contributed by atoms with van der Waals surface area (Å²) in [5.41, 5.74) is 0.822. The Hall–Kier alpha value is -1.82. The van der Waals surface area contributed by atoms with Gasteiger partial charge in [0.25, 0.3) is 5.91 Å². The number of amides is 1. The standard InChI is InChI=1S/C21H26N2O3S/c1-23-15-7-16(25-2)17(26-3)8-18(15)27-20(23)22-19(24)21-9-12-4-13(10-21)6-14(5-12)11-21/h7-8,12-14H,4-6,9-11H2,1-3H3. The van der Waals surface area contributed by atoms with Crippen LogP contribution in [0.1, 0.15) is 38.5 Å². The van der Waals surface area contributed by atoms with E-state index in [4.69, 9.17) is 9.47 Å². The Kier molecular flexibility index (Phi) is 3.90. The van der Waals surface area contributed by atoms with Crippen LogP contribution in [0.25, 0.3) is 10.2 Å². The number of aromatic nitrogens is 1. The first-order chi connectivity index (χ1) is 13.0. The molecule has 4 aliphatic carbocycles. The molecule has 4 fully saturated rings. The Morgan fingerprint density at radius 3 is 2.19 bits per heavy atom. The van der Waals surface area contributed by atoms with Crippen molar-refractivity contribution in [2.45, 2.75) is 38.5 Å². The number of carbonyl (C=O) groups is 1. The van der Waals surface area contributed by atoms with Gasteiger partial charge in [0.15, 0.2) is 16.3 Å². The second kappa shape index (κ2) is 6.09. The summed E-state index contributed by atoms with van der Waals surface area (Å²) in [5, 5.41) is 0. The van der Waals surface area contributed by atoms with E-state index in [1.165, 1.54) is 19.3 Å². The first-order valence-electron chi connectivity index (χ1n) is 9.82. The number of hydrogen-bond acceptors (Lipinski definition) is 4. The Morgan fingerprint density at radius 2 is 1.63 bits per heavy atom. The molecule has 4 saturated carbocycles. The Labute approximate surface area is 163 Å². The van der Waals surface area contributed by atoms with Gasteiger partial charge in [0.1, 0.15) is 0 Å². The van der Waals surface area contributed by atoms with Crippen LogP contribution in [-0.4, -0.2) is 24.7 Å². The predicted octanol–water partition coefficient (Wildman–Crippen LogP) is 3.90. The highest BCUT2D eigenvalue weighted by Crippen LogP contribution is 2.60. The number of carbonyl (C=O) groups excluding carboxylic acids is 1. The molecule has 0 radical (unpaired) electrons. The lowest BCUT2D eigenvalue weighted by atomic mass is 9.49. The van der Waals surface area contributed by atoms with Gasteiger partial charge in [-0.2, -0.15) is 4.99 Å². The van der Waals surface area contributed by atoms with Crippen LogP contribution in [0.2, 0.25) is 0 Å². The molecule has 6 heteroatoms. The predicted molar refractivity (Wildman–Crippen MR) is 105 cm³/mol. The van der Waals surface area contributed by atoms with Gasteiger partial charge in [-0.3, -0.25) is 4.79 Å². The first-order valence-corrected chi connectivity index (χ1v) is 10.6. The number of thiazole rings is 1. The van der Waals surface area contributed by atoms with E-state index in [0.717, 1.165) is 52.0 Å². The molecule has 4 bridgehead atoms. The molecule has 1 amide bonds. The molecule has 1 aromatic heterocycles. The fourth-order valence-corrected chi connectivity index (χ4v) is 7.17. The third-order valence-electron chi connectivity index (χ3n) is 7.00. The SMILES string of the molecule is COc1cc2sc(=NC(=O)C34CC5CC(CC(C5)C3)C4)n(C)c2cc1OC. The number of hydrogen-bond donors (Lipinski definition) is 0. The third-order valence-corrected chi connectivity index (χ3v) is 8.10. The molecule has 6 rings (SSSR count). The van der Waals surface area contributed by atoms with Crippen LogP contribution >= 0.6 is 11.3 Å². The zero-order valence-corrected chi connectivity index (χ0v) is 17.0. The molecule has 0 atom stereocenters. The van der Waals surface area contributed by atoms with Gasteiger partial charge in [-0.15, -0.1) is 0 Å². The van der Waals surface area contributed by atoms with Crippen molar-refractivity contribution >= 4 is 27.5 Å². The minimum absolute atomic E-state index is 0.114. The molecule has 144 valence electrons. The summed E-state index contributed by atoms with van der Waals surface area (Å²) in [6, 6.07) is 3.92. The quantitative estimate of drug-likeness (QED) is 0.804. The van der Waals surface area contributed by atoms with E-state index >= 15 is 0 Å². The van der Waals surface area contributed by atoms with Crippen LogP contribution in [0.15, 0.2) is 17.1 Å². The van der Waals surface area contributed by atoms with Crippen LogP contribution in [0, 0.1) is 23.2 Å². The largest absolute Gasteiger partial charge is 0.493 e. The number of methoxy groups -OCH3 is 2. The van der Waals surface area contributed by atoms with E-state index in [2.05, 4.69) is 4.99 Å². The number of nitrogens with zero attached hydrogens (tertiary/aromatic N) is 2. The fraction of sp³-hybridized carbons (Fsp3) is 0.619. The normalized spacial score (nSPS) is 32.3. The summed E-state index contributed by atoms with van der Waals surface area (Å²) in [6.07, 6.45) is 7.17. The lowest BCUT2D eigenvalue weighted by molar-refractivity contribution is -0.142. The van der Waals surface area contributed by atoms with Gasteiger partial charge in [0.05, 0.1) is 29.9 Å². The van der Waals surface area contributed by atoms with Crippen molar-refractivity contribution in [3.8, 4) is 11.5 Å². The Balaban J connectivity index is 1.56. The van der Waals surface area contributed by atoms with Crippen LogP contribution in [-0.2, 0) is 11.8 Å². The smallest absolute Gasteiger partial charge is 0.254 e. The van der Waals surface area contributed by atoms with Crippen LogP contribution in [0.4, 0.5) is 0 Å². The van der Waals surface area contributed by atoms with Crippen molar-refractivity contribution in [1.82, 2.24) is 4.57 Å². The van der Waals surface area contributed by atoms with Crippen LogP contribution in [0.5, 0.6) is 11.5 Å². The van der Waals surface area contributed by atoms with E-state index in [9.17, 15) is 4.79 Å². The molecule has 0 unspecified atom stereocenters. The maximum Gasteiger partial charge on any atom is 0.254 e. The number of rotatable bonds is 3. The van der Waals surface area contributed by atoms with Crippen molar-refractivity contribution in [3.63, 3.8) is 0 Å². The van der Waals surface area contributed by atoms with Crippen molar-refractivity contribution in [2.24, 2.45) is 35.2 Å². The molecule has 5 nitrogen and oxygen atoms in total. The number of benzene rings is 1. The minimum Gasteiger partial charge on any atom is -0.493 e. The fourth-order valence-electron chi connectivity index (χ4n) is 6.14. The summed E-state index contributed by atoms with van der Waals surface area (Å²) in [4.78, 5) is 18.7. The van der Waals surface area contributed by atoms with Crippen molar-refractivity contribution < 1.29 is 14.3 Å². The highest BCUT2D eigenvalue weighted by molar-refractivity contribution is 7.16. The average Bonchev–Trinajstić information content (AvgIpc) is 2.94. The summed E-state index contributed by atoms with van der Waals surface area (Å²) in [6.45, 7) is 0. The zero-order valence-electron chi connectivity index (χ0n) is 16.2. The molecular formula is C21H26N2O3S. The topological polar surface area (TPSA) is 52.8 Å². The second-order valence-electron chi connectivity index (χ2n) is 8.73. The van der Waals surface area contributed by atoms with Gasteiger partial charge in [-0.1, -0.05) is 11.3 Å². The molecule has 0 N–H and O–H groups in total. The maximum absolute atomic E-state index is 13.3. The van der Waals surface area contributed by atoms with Gasteiger partial charge in [-0.25, -0.2) is 0 Å².